The van der Waals surface area contributed by atoms with E-state index < -0.39 is 10.0 Å². The number of amides is 1. The highest BCUT2D eigenvalue weighted by Crippen LogP contribution is 2.26. The van der Waals surface area contributed by atoms with Crippen molar-refractivity contribution in [2.75, 3.05) is 33.2 Å². The van der Waals surface area contributed by atoms with Crippen molar-refractivity contribution in [3.63, 3.8) is 0 Å². The smallest absolute Gasteiger partial charge is 0.277 e. The Morgan fingerprint density at radius 3 is 2.54 bits per heavy atom. The van der Waals surface area contributed by atoms with Gasteiger partial charge in [0, 0.05) is 7.05 Å². The number of quaternary nitrogens is 1. The van der Waals surface area contributed by atoms with Crippen molar-refractivity contribution in [1.82, 2.24) is 9.62 Å². The second-order valence-electron chi connectivity index (χ2n) is 6.68. The zero-order chi connectivity index (χ0) is 17.3. The van der Waals surface area contributed by atoms with Crippen molar-refractivity contribution in [3.05, 3.63) is 29.3 Å². The van der Waals surface area contributed by atoms with Crippen LogP contribution in [-0.2, 0) is 27.7 Å². The van der Waals surface area contributed by atoms with Crippen molar-refractivity contribution in [2.24, 2.45) is 0 Å². The van der Waals surface area contributed by atoms with E-state index in [0.717, 1.165) is 24.2 Å². The third-order valence-corrected chi connectivity index (χ3v) is 7.22. The van der Waals surface area contributed by atoms with Crippen LogP contribution in [0.4, 0.5) is 0 Å². The molecule has 1 aromatic rings. The van der Waals surface area contributed by atoms with Crippen LogP contribution < -0.4 is 10.2 Å². The van der Waals surface area contributed by atoms with Gasteiger partial charge in [-0.1, -0.05) is 6.07 Å². The van der Waals surface area contributed by atoms with Gasteiger partial charge < -0.3 is 10.2 Å². The highest BCUT2D eigenvalue weighted by Gasteiger charge is 2.34. The Morgan fingerprint density at radius 2 is 1.88 bits per heavy atom. The Balaban J connectivity index is 1.70. The molecule has 0 unspecified atom stereocenters. The number of piperazine rings is 1. The summed E-state index contributed by atoms with van der Waals surface area (Å²) in [6, 6.07) is 5.40. The number of sulfonamides is 1. The largest absolute Gasteiger partial charge is 0.354 e. The number of nitrogens with one attached hydrogen (secondary N) is 2. The predicted molar refractivity (Wildman–Crippen MR) is 91.5 cm³/mol. The molecule has 7 heteroatoms. The summed E-state index contributed by atoms with van der Waals surface area (Å²) in [5.74, 6) is -0.0000654. The van der Waals surface area contributed by atoms with Gasteiger partial charge in [-0.25, -0.2) is 8.42 Å². The number of nitrogens with zero attached hydrogens (tertiary/aromatic N) is 1. The molecule has 6 nitrogen and oxygen atoms in total. The van der Waals surface area contributed by atoms with E-state index in [1.807, 2.05) is 19.1 Å². The third kappa shape index (κ3) is 3.20. The first-order chi connectivity index (χ1) is 11.4. The van der Waals surface area contributed by atoms with Gasteiger partial charge in [0.1, 0.15) is 0 Å². The van der Waals surface area contributed by atoms with E-state index in [9.17, 15) is 13.2 Å². The molecule has 1 fully saturated rings. The number of hydrogen-bond donors (Lipinski definition) is 2. The van der Waals surface area contributed by atoms with Crippen molar-refractivity contribution in [3.8, 4) is 0 Å². The van der Waals surface area contributed by atoms with Gasteiger partial charge in [-0.05, 0) is 49.4 Å². The average Bonchev–Trinajstić information content (AvgIpc) is 3.08. The Morgan fingerprint density at radius 1 is 1.21 bits per heavy atom. The number of aryl methyl sites for hydroxylation is 2. The second kappa shape index (κ2) is 6.82. The maximum atomic E-state index is 12.9. The summed E-state index contributed by atoms with van der Waals surface area (Å²) in [6.07, 6.45) is 3.13. The number of likely N-dealkylation sites (N-methyl/N-ethyl adjacent to an activating group) is 1. The molecule has 2 N–H and O–H groups in total. The number of hydrogen-bond acceptors (Lipinski definition) is 3. The van der Waals surface area contributed by atoms with Crippen molar-refractivity contribution in [2.45, 2.75) is 37.1 Å². The molecule has 2 aliphatic rings. The van der Waals surface area contributed by atoms with Crippen LogP contribution in [0, 0.1) is 0 Å². The minimum Gasteiger partial charge on any atom is -0.354 e. The monoisotopic (exact) mass is 352 g/mol. The van der Waals surface area contributed by atoms with Gasteiger partial charge in [-0.3, -0.25) is 4.79 Å². The van der Waals surface area contributed by atoms with Gasteiger partial charge in [0.25, 0.3) is 5.91 Å². The Bertz CT molecular complexity index is 725. The first-order valence-electron chi connectivity index (χ1n) is 8.61. The van der Waals surface area contributed by atoms with Gasteiger partial charge in [-0.15, -0.1) is 0 Å². The molecule has 0 spiro atoms. The van der Waals surface area contributed by atoms with Crippen LogP contribution in [0.15, 0.2) is 23.1 Å². The first-order valence-corrected chi connectivity index (χ1v) is 10.1. The molecule has 1 aliphatic carbocycles. The standard InChI is InChI=1S/C17H25N3O3S/c1-13(17(21)18-2)19-8-10-20(11-9-19)24(22,23)16-7-6-14-4-3-5-15(14)12-16/h6-7,12-13H,3-5,8-11H2,1-2H3,(H,18,21)/p+1/t13-/m1/s1. The number of carbonyl (C=O) groups excluding carboxylic acids is 1. The van der Waals surface area contributed by atoms with E-state index in [0.29, 0.717) is 31.1 Å². The zero-order valence-corrected chi connectivity index (χ0v) is 15.2. The van der Waals surface area contributed by atoms with Gasteiger partial charge in [0.15, 0.2) is 6.04 Å². The fourth-order valence-electron chi connectivity index (χ4n) is 3.71. The minimum absolute atomic E-state index is 0.0000654. The van der Waals surface area contributed by atoms with Crippen LogP contribution in [0.2, 0.25) is 0 Å². The molecule has 1 amide bonds. The summed E-state index contributed by atoms with van der Waals surface area (Å²) >= 11 is 0. The maximum absolute atomic E-state index is 12.9. The number of benzene rings is 1. The van der Waals surface area contributed by atoms with E-state index in [1.54, 1.807) is 17.4 Å². The zero-order valence-electron chi connectivity index (χ0n) is 14.3. The normalized spacial score (nSPS) is 20.6. The molecule has 1 aromatic carbocycles. The SMILES string of the molecule is CNC(=O)[C@@H](C)[NH+]1CCN(S(=O)(=O)c2ccc3c(c2)CCC3)CC1. The van der Waals surface area contributed by atoms with E-state index in [-0.39, 0.29) is 11.9 Å². The lowest BCUT2D eigenvalue weighted by Gasteiger charge is -2.34. The summed E-state index contributed by atoms with van der Waals surface area (Å²) in [5.41, 5.74) is 2.45. The van der Waals surface area contributed by atoms with Crippen molar-refractivity contribution < 1.29 is 18.1 Å². The molecule has 1 aliphatic heterocycles. The van der Waals surface area contributed by atoms with Crippen LogP contribution in [0.1, 0.15) is 24.5 Å². The quantitative estimate of drug-likeness (QED) is 0.745. The van der Waals surface area contributed by atoms with Gasteiger partial charge >= 0.3 is 0 Å². The van der Waals surface area contributed by atoms with Gasteiger partial charge in [0.2, 0.25) is 10.0 Å². The molecule has 0 bridgehead atoms. The Kier molecular flexibility index (Phi) is 4.94. The summed E-state index contributed by atoms with van der Waals surface area (Å²) in [5, 5.41) is 2.66. The lowest BCUT2D eigenvalue weighted by atomic mass is 10.1. The average molecular weight is 352 g/mol. The molecule has 1 atom stereocenters. The van der Waals surface area contributed by atoms with Gasteiger partial charge in [-0.2, -0.15) is 4.31 Å². The number of rotatable bonds is 4. The fraction of sp³-hybridized carbons (Fsp3) is 0.588. The molecule has 132 valence electrons. The molecule has 1 saturated heterocycles. The Labute approximate surface area is 143 Å². The van der Waals surface area contributed by atoms with Crippen molar-refractivity contribution >= 4 is 15.9 Å². The number of carbonyl (C=O) groups is 1. The maximum Gasteiger partial charge on any atom is 0.277 e. The van der Waals surface area contributed by atoms with Crippen LogP contribution in [-0.4, -0.2) is 57.9 Å². The molecule has 3 rings (SSSR count). The summed E-state index contributed by atoms with van der Waals surface area (Å²) in [7, 11) is -1.81. The van der Waals surface area contributed by atoms with Crippen LogP contribution >= 0.6 is 0 Å². The molecular weight excluding hydrogens is 326 g/mol. The van der Waals surface area contributed by atoms with Crippen LogP contribution in [0.5, 0.6) is 0 Å². The van der Waals surface area contributed by atoms with Gasteiger partial charge in [0.05, 0.1) is 31.1 Å². The molecule has 1 heterocycles. The summed E-state index contributed by atoms with van der Waals surface area (Å²) < 4.78 is 27.3. The fourth-order valence-corrected chi connectivity index (χ4v) is 5.20. The molecular formula is C17H26N3O3S+. The van der Waals surface area contributed by atoms with E-state index >= 15 is 0 Å². The molecule has 24 heavy (non-hydrogen) atoms. The third-order valence-electron chi connectivity index (χ3n) is 5.32. The van der Waals surface area contributed by atoms with E-state index in [4.69, 9.17) is 0 Å². The highest BCUT2D eigenvalue weighted by atomic mass is 32.2. The number of fused-ring (bicyclic) bond motifs is 1. The Hall–Kier alpha value is -1.44. The van der Waals surface area contributed by atoms with Crippen LogP contribution in [0.3, 0.4) is 0 Å². The minimum atomic E-state index is -3.44. The first kappa shape index (κ1) is 17.4. The van der Waals surface area contributed by atoms with Crippen molar-refractivity contribution in [1.29, 1.82) is 0 Å². The highest BCUT2D eigenvalue weighted by molar-refractivity contribution is 7.89. The lowest BCUT2D eigenvalue weighted by molar-refractivity contribution is -0.917. The summed E-state index contributed by atoms with van der Waals surface area (Å²) in [4.78, 5) is 13.3. The molecule has 0 aromatic heterocycles. The molecule has 0 radical (unpaired) electrons. The second-order valence-corrected chi connectivity index (χ2v) is 8.62. The van der Waals surface area contributed by atoms with E-state index in [1.165, 1.54) is 11.1 Å². The van der Waals surface area contributed by atoms with E-state index in [2.05, 4.69) is 5.32 Å². The molecule has 0 saturated carbocycles. The summed E-state index contributed by atoms with van der Waals surface area (Å²) in [6.45, 7) is 4.10. The van der Waals surface area contributed by atoms with Crippen LogP contribution in [0.25, 0.3) is 0 Å². The predicted octanol–water partition coefficient (Wildman–Crippen LogP) is -0.801. The lowest BCUT2D eigenvalue weighted by Crippen LogP contribution is -3.19. The topological polar surface area (TPSA) is 70.9 Å².